The van der Waals surface area contributed by atoms with Crippen LogP contribution in [0.25, 0.3) is 17.0 Å². The van der Waals surface area contributed by atoms with Gasteiger partial charge in [0.15, 0.2) is 6.40 Å². The minimum Gasteiger partial charge on any atom is -0.445 e. The van der Waals surface area contributed by atoms with E-state index in [9.17, 15) is 13.2 Å². The van der Waals surface area contributed by atoms with E-state index in [0.29, 0.717) is 22.7 Å². The predicted octanol–water partition coefficient (Wildman–Crippen LogP) is 2.34. The van der Waals surface area contributed by atoms with Gasteiger partial charge >= 0.3 is 6.18 Å². The summed E-state index contributed by atoms with van der Waals surface area (Å²) in [6.07, 6.45) is -2.63. The fourth-order valence-corrected chi connectivity index (χ4v) is 4.25. The molecule has 0 radical (unpaired) electrons. The lowest BCUT2D eigenvalue weighted by atomic mass is 9.98. The van der Waals surface area contributed by atoms with Crippen LogP contribution < -0.4 is 26.4 Å². The molecule has 4 rings (SSSR count). The van der Waals surface area contributed by atoms with Gasteiger partial charge in [-0.05, 0) is 51.7 Å². The van der Waals surface area contributed by atoms with Crippen LogP contribution in [-0.4, -0.2) is 49.6 Å². The molecule has 2 aliphatic rings. The number of benzene rings is 1. The lowest BCUT2D eigenvalue weighted by molar-refractivity contribution is -0.137. The molecule has 0 saturated carbocycles. The Morgan fingerprint density at radius 3 is 2.75 bits per heavy atom. The first-order valence-corrected chi connectivity index (χ1v) is 10.3. The molecule has 0 saturated heterocycles. The third kappa shape index (κ3) is 4.00. The molecule has 2 aromatic rings. The summed E-state index contributed by atoms with van der Waals surface area (Å²) in [4.78, 5) is 14.9. The van der Waals surface area contributed by atoms with Crippen molar-refractivity contribution in [2.24, 2.45) is 9.98 Å². The molecule has 1 aromatic heterocycles. The van der Waals surface area contributed by atoms with E-state index < -0.39 is 11.7 Å². The van der Waals surface area contributed by atoms with E-state index in [-0.39, 0.29) is 40.4 Å². The van der Waals surface area contributed by atoms with Crippen molar-refractivity contribution in [1.82, 2.24) is 15.2 Å². The van der Waals surface area contributed by atoms with Gasteiger partial charge < -0.3 is 20.7 Å². The molecule has 1 unspecified atom stereocenters. The second-order valence-corrected chi connectivity index (χ2v) is 8.31. The van der Waals surface area contributed by atoms with Gasteiger partial charge in [0.2, 0.25) is 0 Å². The Morgan fingerprint density at radius 2 is 2.06 bits per heavy atom. The van der Waals surface area contributed by atoms with E-state index in [1.807, 2.05) is 19.0 Å². The smallest absolute Gasteiger partial charge is 0.418 e. The van der Waals surface area contributed by atoms with Crippen molar-refractivity contribution in [3.8, 4) is 17.0 Å². The number of aromatic nitrogens is 1. The van der Waals surface area contributed by atoms with Gasteiger partial charge in [-0.3, -0.25) is 4.99 Å². The van der Waals surface area contributed by atoms with Crippen molar-refractivity contribution in [2.75, 3.05) is 33.0 Å². The van der Waals surface area contributed by atoms with Crippen molar-refractivity contribution in [3.63, 3.8) is 0 Å². The number of aryl methyl sites for hydroxylation is 1. The summed E-state index contributed by atoms with van der Waals surface area (Å²) >= 11 is 6.65. The summed E-state index contributed by atoms with van der Waals surface area (Å²) in [5.74, 6) is 0.263. The van der Waals surface area contributed by atoms with Crippen molar-refractivity contribution >= 4 is 29.5 Å². The molecule has 0 fully saturated rings. The molecule has 0 aliphatic carbocycles. The lowest BCUT2D eigenvalue weighted by Crippen LogP contribution is -2.43. The number of nitrogens with zero attached hydrogens (tertiary/aromatic N) is 4. The highest BCUT2D eigenvalue weighted by Gasteiger charge is 2.38. The van der Waals surface area contributed by atoms with E-state index in [2.05, 4.69) is 20.3 Å². The van der Waals surface area contributed by atoms with Crippen LogP contribution in [0.15, 0.2) is 22.1 Å². The number of nitrogen functional groups attached to an aromatic ring is 1. The van der Waals surface area contributed by atoms with Gasteiger partial charge in [0, 0.05) is 5.56 Å². The standard InChI is InChI=1S/C21H22ClF3N6O/c1-10-6-14(26)30-18(16(10)21(23,24)25)11-7-13-15-19(27-8-28-20(15)17(11)22)12(29-9-32-13)4-5-31(2)3/h6-7,9,12,27H,4-5,8H2,1-3H3,(H2,26,30). The zero-order chi connectivity index (χ0) is 23.2. The molecule has 3 heterocycles. The van der Waals surface area contributed by atoms with Crippen LogP contribution in [-0.2, 0) is 6.18 Å². The van der Waals surface area contributed by atoms with Crippen LogP contribution in [0, 0.1) is 6.92 Å². The number of nitrogens with two attached hydrogens (primary N) is 1. The van der Waals surface area contributed by atoms with Crippen LogP contribution in [0.5, 0.6) is 5.75 Å². The fourth-order valence-electron chi connectivity index (χ4n) is 3.96. The van der Waals surface area contributed by atoms with Gasteiger partial charge in [-0.15, -0.1) is 0 Å². The van der Waals surface area contributed by atoms with E-state index in [4.69, 9.17) is 22.1 Å². The Labute approximate surface area is 187 Å². The number of hydrogen-bond donors (Lipinski definition) is 2. The number of ether oxygens (including phenoxy) is 1. The summed E-state index contributed by atoms with van der Waals surface area (Å²) in [5, 5.41) is 4.24. The molecule has 1 atom stereocenters. The molecule has 3 N–H and O–H groups in total. The maximum Gasteiger partial charge on any atom is 0.418 e. The van der Waals surface area contributed by atoms with Gasteiger partial charge in [-0.1, -0.05) is 11.6 Å². The number of nitrogens with one attached hydrogen (secondary N) is 1. The molecular weight excluding hydrogens is 445 g/mol. The molecular formula is C21H22ClF3N6O. The number of halogens is 4. The zero-order valence-electron chi connectivity index (χ0n) is 17.7. The average Bonchev–Trinajstić information content (AvgIpc) is 2.87. The minimum atomic E-state index is -4.65. The molecule has 2 aliphatic heterocycles. The lowest BCUT2D eigenvalue weighted by Gasteiger charge is -2.22. The second-order valence-electron chi connectivity index (χ2n) is 7.93. The molecule has 11 heteroatoms. The number of alkyl halides is 3. The minimum absolute atomic E-state index is 0.0396. The molecule has 7 nitrogen and oxygen atoms in total. The van der Waals surface area contributed by atoms with Crippen LogP contribution in [0.2, 0.25) is 5.02 Å². The van der Waals surface area contributed by atoms with Crippen LogP contribution >= 0.6 is 11.6 Å². The summed E-state index contributed by atoms with van der Waals surface area (Å²) in [6, 6.07) is 2.40. The quantitative estimate of drug-likeness (QED) is 0.722. The van der Waals surface area contributed by atoms with Crippen molar-refractivity contribution in [2.45, 2.75) is 25.6 Å². The number of pyridine rings is 1. The van der Waals surface area contributed by atoms with Gasteiger partial charge in [-0.25, -0.2) is 9.98 Å². The SMILES string of the molecule is Cc1cc(N)nc(-c2cc3c4c(c2Cl)=NCNC=4C(CCN(C)C)N=CO3)c1C(F)(F)F. The third-order valence-electron chi connectivity index (χ3n) is 5.36. The number of rotatable bonds is 4. The van der Waals surface area contributed by atoms with E-state index in [1.54, 1.807) is 0 Å². The van der Waals surface area contributed by atoms with Crippen molar-refractivity contribution in [1.29, 1.82) is 0 Å². The molecule has 0 spiro atoms. The van der Waals surface area contributed by atoms with Gasteiger partial charge in [0.05, 0.1) is 38.6 Å². The topological polar surface area (TPSA) is 88.1 Å². The highest BCUT2D eigenvalue weighted by atomic mass is 35.5. The first-order valence-electron chi connectivity index (χ1n) is 9.90. The number of aliphatic imine (C=N–C) groups is 1. The van der Waals surface area contributed by atoms with Gasteiger partial charge in [-0.2, -0.15) is 13.2 Å². The van der Waals surface area contributed by atoms with Crippen LogP contribution in [0.1, 0.15) is 17.5 Å². The monoisotopic (exact) mass is 466 g/mol. The molecule has 0 bridgehead atoms. The zero-order valence-corrected chi connectivity index (χ0v) is 18.5. The highest BCUT2D eigenvalue weighted by molar-refractivity contribution is 6.33. The Bertz CT molecular complexity index is 1230. The van der Waals surface area contributed by atoms with Crippen molar-refractivity contribution in [3.05, 3.63) is 38.9 Å². The summed E-state index contributed by atoms with van der Waals surface area (Å²) in [6.45, 7) is 2.33. The Balaban J connectivity index is 2.00. The first-order chi connectivity index (χ1) is 15.1. The number of hydrogen-bond acceptors (Lipinski definition) is 7. The Morgan fingerprint density at radius 1 is 1.31 bits per heavy atom. The van der Waals surface area contributed by atoms with E-state index in [0.717, 1.165) is 12.2 Å². The predicted molar refractivity (Wildman–Crippen MR) is 117 cm³/mol. The Kier molecular flexibility index (Phi) is 5.76. The third-order valence-corrected chi connectivity index (χ3v) is 5.74. The van der Waals surface area contributed by atoms with Crippen LogP contribution in [0.3, 0.4) is 0 Å². The van der Waals surface area contributed by atoms with Crippen molar-refractivity contribution < 1.29 is 17.9 Å². The molecule has 1 aromatic carbocycles. The molecule has 0 amide bonds. The van der Waals surface area contributed by atoms with Gasteiger partial charge in [0.25, 0.3) is 0 Å². The average molecular weight is 467 g/mol. The first kappa shape index (κ1) is 22.3. The second kappa shape index (κ2) is 8.25. The summed E-state index contributed by atoms with van der Waals surface area (Å²) in [5.41, 5.74) is 5.31. The van der Waals surface area contributed by atoms with Gasteiger partial charge in [0.1, 0.15) is 18.2 Å². The maximum atomic E-state index is 13.9. The highest BCUT2D eigenvalue weighted by Crippen LogP contribution is 2.41. The number of anilines is 1. The normalized spacial score (nSPS) is 17.4. The summed E-state index contributed by atoms with van der Waals surface area (Å²) in [7, 11) is 3.93. The summed E-state index contributed by atoms with van der Waals surface area (Å²) < 4.78 is 47.4. The molecule has 170 valence electrons. The Hall–Kier alpha value is -2.85. The molecule has 32 heavy (non-hydrogen) atoms. The maximum absolute atomic E-state index is 13.9. The largest absolute Gasteiger partial charge is 0.445 e. The van der Waals surface area contributed by atoms with E-state index in [1.165, 1.54) is 25.5 Å². The fraction of sp³-hybridized carbons (Fsp3) is 0.381. The van der Waals surface area contributed by atoms with Crippen LogP contribution in [0.4, 0.5) is 19.0 Å². The van der Waals surface area contributed by atoms with E-state index >= 15 is 0 Å².